The van der Waals surface area contributed by atoms with Crippen molar-refractivity contribution in [3.8, 4) is 0 Å². The number of rotatable bonds is 8. The molecule has 0 aliphatic carbocycles. The molecule has 0 atom stereocenters. The molecule has 5 heteroatoms. The second-order valence-electron chi connectivity index (χ2n) is 5.47. The quantitative estimate of drug-likeness (QED) is 0.488. The maximum absolute atomic E-state index is 5.77. The first kappa shape index (κ1) is 14.4. The Labute approximate surface area is 104 Å². The zero-order valence-electron chi connectivity index (χ0n) is 11.2. The van der Waals surface area contributed by atoms with E-state index in [9.17, 15) is 0 Å². The van der Waals surface area contributed by atoms with E-state index >= 15 is 0 Å². The van der Waals surface area contributed by atoms with E-state index in [0.29, 0.717) is 5.41 Å². The summed E-state index contributed by atoms with van der Waals surface area (Å²) in [6.45, 7) is 10.3. The van der Waals surface area contributed by atoms with Gasteiger partial charge in [0.05, 0.1) is 19.8 Å². The van der Waals surface area contributed by atoms with E-state index in [2.05, 4.69) is 20.0 Å². The molecule has 0 aromatic carbocycles. The normalized spacial score (nSPS) is 19.7. The molecule has 0 aromatic heterocycles. The Morgan fingerprint density at radius 2 is 2.06 bits per heavy atom. The highest BCUT2D eigenvalue weighted by atomic mass is 28.4. The van der Waals surface area contributed by atoms with Gasteiger partial charge in [0.1, 0.15) is 10.5 Å². The first-order valence-corrected chi connectivity index (χ1v) is 10.2. The smallest absolute Gasteiger partial charge is 0.172 e. The largest absolute Gasteiger partial charge is 0.463 e. The Bertz CT molecular complexity index is 200. The first-order chi connectivity index (χ1) is 7.54. The van der Waals surface area contributed by atoms with Crippen LogP contribution in [0.25, 0.3) is 0 Å². The molecule has 1 aliphatic rings. The van der Waals surface area contributed by atoms with Crippen LogP contribution in [0.5, 0.6) is 0 Å². The van der Waals surface area contributed by atoms with Gasteiger partial charge in [0.15, 0.2) is 8.32 Å². The number of hydrogen-bond donors (Lipinski definition) is 0. The molecule has 3 nitrogen and oxygen atoms in total. The molecule has 0 spiro atoms. The van der Waals surface area contributed by atoms with E-state index < -0.39 is 8.32 Å². The Morgan fingerprint density at radius 1 is 1.38 bits per heavy atom. The van der Waals surface area contributed by atoms with E-state index in [1.807, 2.05) is 0 Å². The molecule has 96 valence electrons. The molecule has 16 heavy (non-hydrogen) atoms. The zero-order valence-corrected chi connectivity index (χ0v) is 14.2. The molecular weight excluding hydrogens is 236 g/mol. The minimum atomic E-state index is -1.32. The lowest BCUT2D eigenvalue weighted by Gasteiger charge is -2.40. The van der Waals surface area contributed by atoms with Crippen molar-refractivity contribution in [2.45, 2.75) is 38.9 Å². The van der Waals surface area contributed by atoms with Gasteiger partial charge in [-0.25, -0.2) is 0 Å². The highest BCUT2D eigenvalue weighted by Gasteiger charge is 2.36. The third-order valence-corrected chi connectivity index (χ3v) is 9.57. The van der Waals surface area contributed by atoms with Crippen molar-refractivity contribution in [1.29, 1.82) is 0 Å². The SMILES string of the molecule is CCC1(COCCC[Si](C)(C)O[SiH3])COC1. The van der Waals surface area contributed by atoms with Gasteiger partial charge < -0.3 is 13.6 Å². The molecule has 0 bridgehead atoms. The van der Waals surface area contributed by atoms with Crippen LogP contribution >= 0.6 is 0 Å². The predicted octanol–water partition coefficient (Wildman–Crippen LogP) is 1.32. The average Bonchev–Trinajstić information content (AvgIpc) is 2.21. The van der Waals surface area contributed by atoms with Crippen LogP contribution in [0.4, 0.5) is 0 Å². The molecule has 0 N–H and O–H groups in total. The van der Waals surface area contributed by atoms with Crippen LogP contribution in [0.2, 0.25) is 19.1 Å². The summed E-state index contributed by atoms with van der Waals surface area (Å²) in [5.74, 6) is 0. The summed E-state index contributed by atoms with van der Waals surface area (Å²) in [7, 11) is -0.445. The summed E-state index contributed by atoms with van der Waals surface area (Å²) >= 11 is 0. The van der Waals surface area contributed by atoms with Crippen LogP contribution in [-0.2, 0) is 13.6 Å². The van der Waals surface area contributed by atoms with E-state index in [4.69, 9.17) is 13.6 Å². The lowest BCUT2D eigenvalue weighted by molar-refractivity contribution is -0.150. The highest BCUT2D eigenvalue weighted by molar-refractivity contribution is 6.73. The van der Waals surface area contributed by atoms with Gasteiger partial charge in [0.25, 0.3) is 0 Å². The van der Waals surface area contributed by atoms with Crippen molar-refractivity contribution in [3.63, 3.8) is 0 Å². The second kappa shape index (κ2) is 6.30. The Kier molecular flexibility index (Phi) is 5.66. The van der Waals surface area contributed by atoms with Crippen molar-refractivity contribution >= 4 is 18.8 Å². The van der Waals surface area contributed by atoms with Gasteiger partial charge in [0.2, 0.25) is 0 Å². The molecule has 1 aliphatic heterocycles. The summed E-state index contributed by atoms with van der Waals surface area (Å²) in [4.78, 5) is 0. The minimum absolute atomic E-state index is 0.334. The molecule has 0 amide bonds. The second-order valence-corrected chi connectivity index (χ2v) is 11.1. The van der Waals surface area contributed by atoms with Crippen molar-refractivity contribution in [1.82, 2.24) is 0 Å². The fourth-order valence-corrected chi connectivity index (χ4v) is 3.58. The highest BCUT2D eigenvalue weighted by Crippen LogP contribution is 2.31. The molecule has 1 rings (SSSR count). The molecule has 1 fully saturated rings. The van der Waals surface area contributed by atoms with Crippen molar-refractivity contribution < 1.29 is 13.6 Å². The van der Waals surface area contributed by atoms with Crippen LogP contribution in [0, 0.1) is 5.41 Å². The molecule has 0 saturated carbocycles. The summed E-state index contributed by atoms with van der Waals surface area (Å²) < 4.78 is 16.7. The fraction of sp³-hybridized carbons (Fsp3) is 1.00. The van der Waals surface area contributed by atoms with Gasteiger partial charge in [-0.1, -0.05) is 6.92 Å². The van der Waals surface area contributed by atoms with Crippen LogP contribution in [-0.4, -0.2) is 45.2 Å². The van der Waals surface area contributed by atoms with Gasteiger partial charge in [-0.15, -0.1) is 0 Å². The summed E-state index contributed by atoms with van der Waals surface area (Å²) in [5, 5.41) is 0. The number of ether oxygens (including phenoxy) is 2. The number of hydrogen-bond acceptors (Lipinski definition) is 3. The first-order valence-electron chi connectivity index (χ1n) is 6.24. The Balaban J connectivity index is 2.04. The maximum Gasteiger partial charge on any atom is 0.172 e. The molecule has 0 unspecified atom stereocenters. The summed E-state index contributed by atoms with van der Waals surface area (Å²) in [5.41, 5.74) is 0.334. The topological polar surface area (TPSA) is 27.7 Å². The van der Waals surface area contributed by atoms with Gasteiger partial charge >= 0.3 is 0 Å². The summed E-state index contributed by atoms with van der Waals surface area (Å²) in [6, 6.07) is 1.21. The van der Waals surface area contributed by atoms with Gasteiger partial charge in [-0.05, 0) is 32.0 Å². The lowest BCUT2D eigenvalue weighted by atomic mass is 9.84. The van der Waals surface area contributed by atoms with Crippen molar-refractivity contribution in [2.75, 3.05) is 26.4 Å². The third kappa shape index (κ3) is 4.29. The van der Waals surface area contributed by atoms with Crippen molar-refractivity contribution in [2.24, 2.45) is 5.41 Å². The van der Waals surface area contributed by atoms with Gasteiger partial charge in [-0.2, -0.15) is 0 Å². The van der Waals surface area contributed by atoms with Crippen LogP contribution in [0.1, 0.15) is 19.8 Å². The monoisotopic (exact) mass is 262 g/mol. The predicted molar refractivity (Wildman–Crippen MR) is 72.3 cm³/mol. The van der Waals surface area contributed by atoms with E-state index in [1.165, 1.54) is 6.04 Å². The molecular formula is C11H26O3Si2. The Morgan fingerprint density at radius 3 is 2.50 bits per heavy atom. The molecule has 0 radical (unpaired) electrons. The fourth-order valence-electron chi connectivity index (χ4n) is 1.77. The van der Waals surface area contributed by atoms with Crippen LogP contribution < -0.4 is 0 Å². The van der Waals surface area contributed by atoms with E-state index in [1.54, 1.807) is 0 Å². The standard InChI is InChI=1S/C11H26O3Si2/c1-4-11(9-13-10-11)8-12-6-5-7-16(2,3)14-15/h4-10H2,1-3,15H3. The third-order valence-electron chi connectivity index (χ3n) is 3.59. The van der Waals surface area contributed by atoms with E-state index in [0.717, 1.165) is 49.8 Å². The van der Waals surface area contributed by atoms with E-state index in [-0.39, 0.29) is 0 Å². The molecule has 1 heterocycles. The van der Waals surface area contributed by atoms with Gasteiger partial charge in [0, 0.05) is 12.0 Å². The average molecular weight is 262 g/mol. The minimum Gasteiger partial charge on any atom is -0.463 e. The Hall–Kier alpha value is 0.314. The van der Waals surface area contributed by atoms with Gasteiger partial charge in [-0.3, -0.25) is 0 Å². The molecule has 0 aromatic rings. The van der Waals surface area contributed by atoms with Crippen LogP contribution in [0.3, 0.4) is 0 Å². The summed E-state index contributed by atoms with van der Waals surface area (Å²) in [6.07, 6.45) is 2.30. The lowest BCUT2D eigenvalue weighted by Crippen LogP contribution is -2.45. The maximum atomic E-state index is 5.77. The van der Waals surface area contributed by atoms with Crippen LogP contribution in [0.15, 0.2) is 0 Å². The zero-order chi connectivity index (χ0) is 12.1. The molecule has 1 saturated heterocycles. The van der Waals surface area contributed by atoms with Crippen molar-refractivity contribution in [3.05, 3.63) is 0 Å².